The summed E-state index contributed by atoms with van der Waals surface area (Å²) in [6, 6.07) is 0. The van der Waals surface area contributed by atoms with E-state index in [1.807, 2.05) is 0 Å². The number of azide groups is 1. The van der Waals surface area contributed by atoms with E-state index < -0.39 is 17.4 Å². The van der Waals surface area contributed by atoms with Gasteiger partial charge in [0.25, 0.3) is 0 Å². The van der Waals surface area contributed by atoms with E-state index >= 15 is 0 Å². The number of terminal acetylenes is 1. The second kappa shape index (κ2) is 88.4. The molecule has 0 aromatic heterocycles. The molecule has 0 aliphatic heterocycles. The molecule has 32 heteroatoms. The Hall–Kier alpha value is -3.77. The fourth-order valence-corrected chi connectivity index (χ4v) is 9.50. The molecule has 0 aromatic carbocycles. The Labute approximate surface area is 632 Å². The number of carboxylic acid groups (broad SMARTS) is 2. The van der Waals surface area contributed by atoms with Gasteiger partial charge < -0.3 is 119 Å². The molecule has 0 saturated carbocycles. The first-order valence-electron chi connectivity index (χ1n) is 38.5. The van der Waals surface area contributed by atoms with Crippen LogP contribution in [0.15, 0.2) is 10.1 Å². The summed E-state index contributed by atoms with van der Waals surface area (Å²) in [6.45, 7) is 23.0. The van der Waals surface area contributed by atoms with Crippen molar-refractivity contribution in [2.24, 2.45) is 15.5 Å². The van der Waals surface area contributed by atoms with Crippen molar-refractivity contribution < 1.29 is 134 Å². The zero-order chi connectivity index (χ0) is 76.6. The lowest BCUT2D eigenvalue weighted by Crippen LogP contribution is -2.40. The van der Waals surface area contributed by atoms with Gasteiger partial charge in [0.2, 0.25) is 0 Å². The van der Waals surface area contributed by atoms with Crippen LogP contribution in [0, 0.1) is 17.8 Å². The van der Waals surface area contributed by atoms with E-state index in [1.165, 1.54) is 6.92 Å². The van der Waals surface area contributed by atoms with Crippen molar-refractivity contribution in [1.29, 1.82) is 0 Å². The van der Waals surface area contributed by atoms with Crippen LogP contribution in [-0.2, 0) is 123 Å². The lowest BCUT2D eigenvalue weighted by molar-refractivity contribution is -0.154. The number of carboxylic acids is 2. The van der Waals surface area contributed by atoms with Gasteiger partial charge in [-0.15, -0.1) is 12.3 Å². The molecule has 106 heavy (non-hydrogen) atoms. The van der Waals surface area contributed by atoms with Crippen LogP contribution >= 0.6 is 0 Å². The Morgan fingerprint density at radius 2 is 0.538 bits per heavy atom. The largest absolute Gasteiger partial charge is 0.481 e. The normalized spacial score (nSPS) is 12.3. The number of unbranched alkanes of at least 4 members (excludes halogenated alkanes) is 12. The maximum absolute atomic E-state index is 13.1. The Morgan fingerprint density at radius 1 is 0.321 bits per heavy atom. The number of Topliss-reactive ketones (excluding diaryl/α,β-unsaturated/α-hetero) is 1. The fraction of sp³-hybridized carbons (Fsp3) is 0.919. The van der Waals surface area contributed by atoms with Gasteiger partial charge in [-0.1, -0.05) is 69.3 Å². The Bertz CT molecular complexity index is 1970. The molecule has 0 amide bonds. The summed E-state index contributed by atoms with van der Waals surface area (Å²) in [7, 11) is 0. The van der Waals surface area contributed by atoms with Crippen LogP contribution in [0.3, 0.4) is 0 Å². The molecule has 0 heterocycles. The monoisotopic (exact) mass is 1530 g/mol. The maximum Gasteiger partial charge on any atom is 0.317 e. The molecule has 0 fully saturated rings. The molecule has 1 atom stereocenters. The summed E-state index contributed by atoms with van der Waals surface area (Å²) in [5.74, 6) is 0.454. The Morgan fingerprint density at radius 3 is 0.764 bits per heavy atom. The van der Waals surface area contributed by atoms with Crippen LogP contribution in [-0.4, -0.2) is 351 Å². The van der Waals surface area contributed by atoms with E-state index in [2.05, 4.69) is 15.9 Å². The predicted octanol–water partition coefficient (Wildman–Crippen LogP) is 7.52. The molecule has 0 bridgehead atoms. The summed E-state index contributed by atoms with van der Waals surface area (Å²) in [5, 5.41) is 22.7. The third-order valence-electron chi connectivity index (χ3n) is 15.3. The molecule has 0 aromatic rings. The highest BCUT2D eigenvalue weighted by molar-refractivity contribution is 6.06. The van der Waals surface area contributed by atoms with Gasteiger partial charge in [0, 0.05) is 36.4 Å². The van der Waals surface area contributed by atoms with Gasteiger partial charge in [-0.3, -0.25) is 19.4 Å². The lowest BCUT2D eigenvalue weighted by Gasteiger charge is -2.28. The number of aliphatic imine (C=N–C) groups is 1. The summed E-state index contributed by atoms with van der Waals surface area (Å²) in [6.07, 6.45) is 19.2. The molecule has 0 rings (SSSR count). The van der Waals surface area contributed by atoms with E-state index in [1.54, 1.807) is 0 Å². The summed E-state index contributed by atoms with van der Waals surface area (Å²) < 4.78 is 127. The van der Waals surface area contributed by atoms with Crippen LogP contribution in [0.25, 0.3) is 10.4 Å². The molecule has 0 radical (unpaired) electrons. The Kier molecular flexibility index (Phi) is 85.3. The van der Waals surface area contributed by atoms with Crippen molar-refractivity contribution in [2.45, 2.75) is 122 Å². The predicted molar refractivity (Wildman–Crippen MR) is 395 cm³/mol. The van der Waals surface area contributed by atoms with Crippen molar-refractivity contribution in [3.05, 3.63) is 10.4 Å². The number of hydrogen-bond acceptors (Lipinski definition) is 28. The number of rotatable bonds is 94. The summed E-state index contributed by atoms with van der Waals surface area (Å²) >= 11 is 0. The van der Waals surface area contributed by atoms with Crippen LogP contribution in [0.1, 0.15) is 122 Å². The highest BCUT2D eigenvalue weighted by Gasteiger charge is 2.43. The molecule has 32 nitrogen and oxygen atoms in total. The number of aliphatic carboxylic acids is 2. The molecule has 2 N–H and O–H groups in total. The first-order valence-corrected chi connectivity index (χ1v) is 38.5. The number of ketones is 1. The van der Waals surface area contributed by atoms with E-state index in [0.717, 1.165) is 82.8 Å². The quantitative estimate of drug-likeness (QED) is 0.0113. The molecule has 0 spiro atoms. The third-order valence-corrected chi connectivity index (χ3v) is 15.3. The van der Waals surface area contributed by atoms with Gasteiger partial charge in [-0.2, -0.15) is 0 Å². The number of nitrogens with zero attached hydrogens (tertiary/aromatic N) is 4. The van der Waals surface area contributed by atoms with E-state index in [-0.39, 0.29) is 25.0 Å². The first-order chi connectivity index (χ1) is 52.3. The van der Waals surface area contributed by atoms with Gasteiger partial charge in [-0.25, -0.2) is 0 Å². The van der Waals surface area contributed by atoms with Gasteiger partial charge in [0.15, 0.2) is 0 Å². The summed E-state index contributed by atoms with van der Waals surface area (Å²) in [5.41, 5.74) is 7.40. The minimum atomic E-state index is -1.51. The molecular weight excluding hydrogens is 1390 g/mol. The van der Waals surface area contributed by atoms with Crippen molar-refractivity contribution in [2.75, 3.05) is 317 Å². The molecule has 0 aliphatic rings. The number of hydrogen-bond donors (Lipinski definition) is 2. The second-order valence-electron chi connectivity index (χ2n) is 23.8. The topological polar surface area (TPSA) is 365 Å². The SMILES string of the molecule is C#CCCCCCCCCCC(CC(CCCCCCCCC(=O)O)=NCCOCCOCCOCCOCCOCCOCCOCCOCCOCCOCCOCCOCCOCCOCCOCCOCCOCCOCCOCCOCCOCCOCCOCCN=[N+]=[N-])(C(C)=O)C(=O)O. The van der Waals surface area contributed by atoms with E-state index in [0.29, 0.717) is 336 Å². The zero-order valence-corrected chi connectivity index (χ0v) is 64.5. The van der Waals surface area contributed by atoms with Crippen LogP contribution in [0.4, 0.5) is 0 Å². The summed E-state index contributed by atoms with van der Waals surface area (Å²) in [4.78, 5) is 44.1. The van der Waals surface area contributed by atoms with E-state index in [4.69, 9.17) is 131 Å². The molecule has 622 valence electrons. The molecule has 0 saturated heterocycles. The lowest BCUT2D eigenvalue weighted by atomic mass is 9.74. The van der Waals surface area contributed by atoms with Crippen LogP contribution in [0.5, 0.6) is 0 Å². The number of ether oxygens (including phenoxy) is 23. The third kappa shape index (κ3) is 79.8. The smallest absolute Gasteiger partial charge is 0.317 e. The van der Waals surface area contributed by atoms with Gasteiger partial charge >= 0.3 is 11.9 Å². The highest BCUT2D eigenvalue weighted by atomic mass is 16.6. The highest BCUT2D eigenvalue weighted by Crippen LogP contribution is 2.33. The van der Waals surface area contributed by atoms with E-state index in [9.17, 15) is 19.5 Å². The average Bonchev–Trinajstić information content (AvgIpc) is 0.816. The minimum absolute atomic E-state index is 0.0890. The van der Waals surface area contributed by atoms with Crippen molar-refractivity contribution >= 4 is 23.4 Å². The standard InChI is InChI=1S/C74H138N4O28/c1-3-4-5-6-7-8-11-14-17-20-74(70(2)79,73(82)83)69-71(18-15-12-9-10-13-16-19-72(80)81)76-21-23-84-25-27-86-29-31-88-33-35-90-37-39-92-41-43-94-45-47-96-49-51-98-53-55-100-57-59-102-61-63-104-65-67-106-68-66-105-64-62-103-60-58-101-56-54-99-52-50-97-48-46-95-44-42-93-40-38-91-36-34-89-32-30-87-28-26-85-24-22-77-78-75/h1H,4-69H2,2H3,(H,80,81)(H,82,83). The average molecular weight is 1530 g/mol. The molecule has 1 unspecified atom stereocenters. The van der Waals surface area contributed by atoms with Gasteiger partial charge in [0.05, 0.1) is 310 Å². The van der Waals surface area contributed by atoms with Gasteiger partial charge in [0.1, 0.15) is 11.2 Å². The second-order valence-corrected chi connectivity index (χ2v) is 23.8. The molecular formula is C74H138N4O28. The maximum atomic E-state index is 13.1. The van der Waals surface area contributed by atoms with Crippen LogP contribution < -0.4 is 0 Å². The zero-order valence-electron chi connectivity index (χ0n) is 64.5. The van der Waals surface area contributed by atoms with Crippen molar-refractivity contribution in [1.82, 2.24) is 0 Å². The molecule has 0 aliphatic carbocycles. The Balaban J connectivity index is 3.51. The fourth-order valence-electron chi connectivity index (χ4n) is 9.50. The number of carbonyl (C=O) groups is 3. The number of carbonyl (C=O) groups excluding carboxylic acids is 1. The van der Waals surface area contributed by atoms with Gasteiger partial charge in [-0.05, 0) is 44.6 Å². The first kappa shape index (κ1) is 102. The van der Waals surface area contributed by atoms with Crippen molar-refractivity contribution in [3.8, 4) is 12.3 Å². The van der Waals surface area contributed by atoms with Crippen LogP contribution in [0.2, 0.25) is 0 Å². The van der Waals surface area contributed by atoms with Crippen molar-refractivity contribution in [3.63, 3.8) is 0 Å². The minimum Gasteiger partial charge on any atom is -0.481 e.